The molecule has 0 saturated carbocycles. The molecule has 0 aromatic heterocycles. The van der Waals surface area contributed by atoms with Gasteiger partial charge >= 0.3 is 5.97 Å². The van der Waals surface area contributed by atoms with Gasteiger partial charge in [0.1, 0.15) is 5.75 Å². The summed E-state index contributed by atoms with van der Waals surface area (Å²) in [6, 6.07) is 18.0. The lowest BCUT2D eigenvalue weighted by atomic mass is 10.1. The van der Waals surface area contributed by atoms with Gasteiger partial charge in [0, 0.05) is 5.69 Å². The lowest BCUT2D eigenvalue weighted by Gasteiger charge is -2.12. The molecule has 0 bridgehead atoms. The molecule has 1 N–H and O–H groups in total. The first-order valence-electron chi connectivity index (χ1n) is 8.67. The fourth-order valence-electron chi connectivity index (χ4n) is 2.74. The van der Waals surface area contributed by atoms with Gasteiger partial charge in [0.25, 0.3) is 5.91 Å². The van der Waals surface area contributed by atoms with E-state index >= 15 is 0 Å². The molecule has 5 nitrogen and oxygen atoms in total. The fourth-order valence-corrected chi connectivity index (χ4v) is 2.74. The summed E-state index contributed by atoms with van der Waals surface area (Å²) in [5.41, 5.74) is 1.46. The van der Waals surface area contributed by atoms with E-state index in [1.807, 2.05) is 30.3 Å². The van der Waals surface area contributed by atoms with Crippen LogP contribution in [0, 0.1) is 0 Å². The van der Waals surface area contributed by atoms with Gasteiger partial charge in [0.2, 0.25) is 0 Å². The SMILES string of the molecule is COc1cc2ccccc2cc1C(=O)Nc1ccc(C(=O)OC(C)C)cc1. The van der Waals surface area contributed by atoms with Gasteiger partial charge < -0.3 is 14.8 Å². The van der Waals surface area contributed by atoms with Crippen molar-refractivity contribution in [1.29, 1.82) is 0 Å². The maximum Gasteiger partial charge on any atom is 0.338 e. The zero-order chi connectivity index (χ0) is 19.4. The van der Waals surface area contributed by atoms with Gasteiger partial charge in [0.15, 0.2) is 0 Å². The number of benzene rings is 3. The van der Waals surface area contributed by atoms with E-state index in [2.05, 4.69) is 5.32 Å². The molecule has 0 radical (unpaired) electrons. The third-order valence-electron chi connectivity index (χ3n) is 4.03. The van der Waals surface area contributed by atoms with Gasteiger partial charge in [-0.05, 0) is 61.0 Å². The lowest BCUT2D eigenvalue weighted by molar-refractivity contribution is 0.0378. The number of nitrogens with one attached hydrogen (secondary N) is 1. The van der Waals surface area contributed by atoms with E-state index in [9.17, 15) is 9.59 Å². The van der Waals surface area contributed by atoms with Crippen LogP contribution in [0.4, 0.5) is 5.69 Å². The average Bonchev–Trinajstić information content (AvgIpc) is 2.66. The normalized spacial score (nSPS) is 10.7. The minimum atomic E-state index is -0.390. The van der Waals surface area contributed by atoms with Crippen molar-refractivity contribution in [2.75, 3.05) is 12.4 Å². The first-order valence-corrected chi connectivity index (χ1v) is 8.67. The van der Waals surface area contributed by atoms with E-state index in [-0.39, 0.29) is 18.0 Å². The highest BCUT2D eigenvalue weighted by Crippen LogP contribution is 2.27. The highest BCUT2D eigenvalue weighted by molar-refractivity contribution is 6.08. The van der Waals surface area contributed by atoms with Crippen LogP contribution in [0.1, 0.15) is 34.6 Å². The molecular weight excluding hydrogens is 342 g/mol. The fraction of sp³-hybridized carbons (Fsp3) is 0.182. The minimum Gasteiger partial charge on any atom is -0.496 e. The van der Waals surface area contributed by atoms with Crippen LogP contribution in [0.15, 0.2) is 60.7 Å². The van der Waals surface area contributed by atoms with Crippen molar-refractivity contribution in [3.63, 3.8) is 0 Å². The maximum atomic E-state index is 12.7. The molecular formula is C22H21NO4. The number of methoxy groups -OCH3 is 1. The molecule has 0 spiro atoms. The molecule has 3 aromatic carbocycles. The summed E-state index contributed by atoms with van der Waals surface area (Å²) in [5, 5.41) is 4.79. The van der Waals surface area contributed by atoms with E-state index in [1.165, 1.54) is 7.11 Å². The Morgan fingerprint density at radius 2 is 1.56 bits per heavy atom. The average molecular weight is 363 g/mol. The quantitative estimate of drug-likeness (QED) is 0.669. The molecule has 0 fully saturated rings. The van der Waals surface area contributed by atoms with Crippen LogP contribution in [0.25, 0.3) is 10.8 Å². The second-order valence-corrected chi connectivity index (χ2v) is 6.39. The molecule has 1 amide bonds. The largest absolute Gasteiger partial charge is 0.496 e. The Kier molecular flexibility index (Phi) is 5.41. The molecule has 138 valence electrons. The predicted molar refractivity (Wildman–Crippen MR) is 105 cm³/mol. The van der Waals surface area contributed by atoms with Crippen molar-refractivity contribution >= 4 is 28.3 Å². The summed E-state index contributed by atoms with van der Waals surface area (Å²) in [6.07, 6.45) is -0.183. The van der Waals surface area contributed by atoms with Crippen molar-refractivity contribution in [2.24, 2.45) is 0 Å². The monoisotopic (exact) mass is 363 g/mol. The molecule has 0 aliphatic rings. The van der Waals surface area contributed by atoms with E-state index in [0.717, 1.165) is 10.8 Å². The van der Waals surface area contributed by atoms with Crippen LogP contribution in [0.5, 0.6) is 5.75 Å². The van der Waals surface area contributed by atoms with Crippen LogP contribution < -0.4 is 10.1 Å². The number of carbonyl (C=O) groups is 2. The number of hydrogen-bond donors (Lipinski definition) is 1. The first kappa shape index (κ1) is 18.5. The zero-order valence-electron chi connectivity index (χ0n) is 15.5. The summed E-state index contributed by atoms with van der Waals surface area (Å²) in [7, 11) is 1.54. The van der Waals surface area contributed by atoms with Gasteiger partial charge in [-0.2, -0.15) is 0 Å². The highest BCUT2D eigenvalue weighted by Gasteiger charge is 2.15. The van der Waals surface area contributed by atoms with Crippen molar-refractivity contribution in [1.82, 2.24) is 0 Å². The number of hydrogen-bond acceptors (Lipinski definition) is 4. The Hall–Kier alpha value is -3.34. The number of esters is 1. The Morgan fingerprint density at radius 3 is 2.15 bits per heavy atom. The van der Waals surface area contributed by atoms with Crippen molar-refractivity contribution in [2.45, 2.75) is 20.0 Å². The third kappa shape index (κ3) is 4.26. The van der Waals surface area contributed by atoms with E-state index in [1.54, 1.807) is 44.2 Å². The van der Waals surface area contributed by atoms with E-state index < -0.39 is 0 Å². The summed E-state index contributed by atoms with van der Waals surface area (Å²) in [5.74, 6) is -0.169. The van der Waals surface area contributed by atoms with Gasteiger partial charge in [-0.15, -0.1) is 0 Å². The predicted octanol–water partition coefficient (Wildman–Crippen LogP) is 4.67. The summed E-state index contributed by atoms with van der Waals surface area (Å²) in [4.78, 5) is 24.6. The minimum absolute atomic E-state index is 0.183. The second-order valence-electron chi connectivity index (χ2n) is 6.39. The number of amides is 1. The van der Waals surface area contributed by atoms with E-state index in [4.69, 9.17) is 9.47 Å². The van der Waals surface area contributed by atoms with E-state index in [0.29, 0.717) is 22.6 Å². The van der Waals surface area contributed by atoms with Crippen molar-refractivity contribution in [3.05, 3.63) is 71.8 Å². The number of fused-ring (bicyclic) bond motifs is 1. The van der Waals surface area contributed by atoms with Crippen LogP contribution in [-0.2, 0) is 4.74 Å². The third-order valence-corrected chi connectivity index (χ3v) is 4.03. The Balaban J connectivity index is 1.81. The molecule has 0 unspecified atom stereocenters. The molecule has 0 heterocycles. The van der Waals surface area contributed by atoms with Crippen molar-refractivity contribution < 1.29 is 19.1 Å². The maximum absolute atomic E-state index is 12.7. The molecule has 5 heteroatoms. The second kappa shape index (κ2) is 7.91. The summed E-state index contributed by atoms with van der Waals surface area (Å²) >= 11 is 0. The zero-order valence-corrected chi connectivity index (χ0v) is 15.5. The summed E-state index contributed by atoms with van der Waals surface area (Å²) in [6.45, 7) is 3.59. The lowest BCUT2D eigenvalue weighted by Crippen LogP contribution is -2.14. The highest BCUT2D eigenvalue weighted by atomic mass is 16.5. The molecule has 3 aromatic rings. The topological polar surface area (TPSA) is 64.6 Å². The molecule has 3 rings (SSSR count). The Labute approximate surface area is 157 Å². The van der Waals surface area contributed by atoms with Gasteiger partial charge in [-0.25, -0.2) is 4.79 Å². The Bertz CT molecular complexity index is 977. The molecule has 0 aliphatic carbocycles. The van der Waals surface area contributed by atoms with Crippen LogP contribution in [-0.4, -0.2) is 25.1 Å². The summed E-state index contributed by atoms with van der Waals surface area (Å²) < 4.78 is 10.5. The molecule has 0 aliphatic heterocycles. The van der Waals surface area contributed by atoms with Gasteiger partial charge in [-0.1, -0.05) is 24.3 Å². The molecule has 27 heavy (non-hydrogen) atoms. The van der Waals surface area contributed by atoms with Crippen LogP contribution in [0.3, 0.4) is 0 Å². The van der Waals surface area contributed by atoms with Gasteiger partial charge in [-0.3, -0.25) is 4.79 Å². The molecule has 0 saturated heterocycles. The van der Waals surface area contributed by atoms with Crippen LogP contribution in [0.2, 0.25) is 0 Å². The smallest absolute Gasteiger partial charge is 0.338 e. The number of anilines is 1. The van der Waals surface area contributed by atoms with Crippen molar-refractivity contribution in [3.8, 4) is 5.75 Å². The number of ether oxygens (including phenoxy) is 2. The number of carbonyl (C=O) groups excluding carboxylic acids is 2. The first-order chi connectivity index (χ1) is 13.0. The van der Waals surface area contributed by atoms with Gasteiger partial charge in [0.05, 0.1) is 24.3 Å². The number of rotatable bonds is 5. The standard InChI is InChI=1S/C22H21NO4/c1-14(2)27-22(25)15-8-10-18(11-9-15)23-21(24)19-12-16-6-4-5-7-17(16)13-20(19)26-3/h4-14H,1-3H3,(H,23,24). The Morgan fingerprint density at radius 1 is 0.926 bits per heavy atom. The van der Waals surface area contributed by atoms with Crippen LogP contribution >= 0.6 is 0 Å². The molecule has 0 atom stereocenters.